The molecule has 1 saturated carbocycles. The number of ether oxygens (including phenoxy) is 2. The van der Waals surface area contributed by atoms with Crippen molar-refractivity contribution in [2.24, 2.45) is 11.8 Å². The highest BCUT2D eigenvalue weighted by molar-refractivity contribution is 14.1. The van der Waals surface area contributed by atoms with Gasteiger partial charge in [-0.3, -0.25) is 9.59 Å². The third-order valence-electron chi connectivity index (χ3n) is 6.58. The van der Waals surface area contributed by atoms with Crippen LogP contribution in [0.4, 0.5) is 5.69 Å². The van der Waals surface area contributed by atoms with E-state index in [0.29, 0.717) is 43.7 Å². The molecule has 2 aromatic carbocycles. The summed E-state index contributed by atoms with van der Waals surface area (Å²) in [6.07, 6.45) is 1.53. The van der Waals surface area contributed by atoms with Crippen LogP contribution in [0.15, 0.2) is 36.4 Å². The van der Waals surface area contributed by atoms with Crippen molar-refractivity contribution in [2.45, 2.75) is 38.5 Å². The third kappa shape index (κ3) is 4.08. The summed E-state index contributed by atoms with van der Waals surface area (Å²) in [5, 5.41) is 12.4. The summed E-state index contributed by atoms with van der Waals surface area (Å²) >= 11 is 2.28. The van der Waals surface area contributed by atoms with Crippen molar-refractivity contribution in [3.05, 3.63) is 56.7 Å². The summed E-state index contributed by atoms with van der Waals surface area (Å²) < 4.78 is 12.0. The average Bonchev–Trinajstić information content (AvgIpc) is 3.20. The van der Waals surface area contributed by atoms with Crippen LogP contribution < -0.4 is 10.1 Å². The van der Waals surface area contributed by atoms with Gasteiger partial charge in [-0.05, 0) is 84.2 Å². The van der Waals surface area contributed by atoms with Gasteiger partial charge < -0.3 is 14.8 Å². The Balaban J connectivity index is 1.51. The second-order valence-electron chi connectivity index (χ2n) is 8.37. The molecule has 1 amide bonds. The molecule has 6 nitrogen and oxygen atoms in total. The number of nitrogens with one attached hydrogen (secondary N) is 1. The maximum absolute atomic E-state index is 13.3. The minimum absolute atomic E-state index is 0.0606. The second-order valence-corrected chi connectivity index (χ2v) is 9.61. The van der Waals surface area contributed by atoms with Gasteiger partial charge in [-0.1, -0.05) is 13.0 Å². The molecule has 7 heteroatoms. The minimum atomic E-state index is -0.294. The fourth-order valence-corrected chi connectivity index (χ4v) is 5.33. The topological polar surface area (TPSA) is 88.4 Å². The van der Waals surface area contributed by atoms with Gasteiger partial charge in [-0.25, -0.2) is 0 Å². The number of hydrogen-bond donors (Lipinski definition) is 1. The molecule has 4 rings (SSSR count). The van der Waals surface area contributed by atoms with E-state index in [4.69, 9.17) is 9.47 Å². The van der Waals surface area contributed by atoms with Crippen LogP contribution in [0.3, 0.4) is 0 Å². The van der Waals surface area contributed by atoms with E-state index >= 15 is 0 Å². The van der Waals surface area contributed by atoms with Crippen molar-refractivity contribution in [1.29, 1.82) is 5.26 Å². The first-order chi connectivity index (χ1) is 15.4. The number of halogens is 1. The Morgan fingerprint density at radius 1 is 1.31 bits per heavy atom. The Labute approximate surface area is 201 Å². The lowest BCUT2D eigenvalue weighted by Gasteiger charge is -2.13. The highest BCUT2D eigenvalue weighted by Gasteiger charge is 2.69. The van der Waals surface area contributed by atoms with Crippen molar-refractivity contribution in [3.63, 3.8) is 0 Å². The van der Waals surface area contributed by atoms with Crippen molar-refractivity contribution in [2.75, 3.05) is 18.5 Å². The lowest BCUT2D eigenvalue weighted by Crippen LogP contribution is -2.23. The van der Waals surface area contributed by atoms with E-state index in [1.807, 2.05) is 18.2 Å². The van der Waals surface area contributed by atoms with E-state index in [1.165, 1.54) is 0 Å². The van der Waals surface area contributed by atoms with Gasteiger partial charge in [-0.2, -0.15) is 5.26 Å². The maximum atomic E-state index is 13.3. The molecule has 0 aromatic heterocycles. The van der Waals surface area contributed by atoms with Gasteiger partial charge in [0.2, 0.25) is 5.91 Å². The number of carbonyl (C=O) groups is 2. The predicted molar refractivity (Wildman–Crippen MR) is 128 cm³/mol. The third-order valence-corrected chi connectivity index (χ3v) is 7.25. The number of aryl methyl sites for hydroxylation is 1. The minimum Gasteiger partial charge on any atom is -0.492 e. The predicted octanol–water partition coefficient (Wildman–Crippen LogP) is 4.58. The van der Waals surface area contributed by atoms with Crippen molar-refractivity contribution >= 4 is 40.2 Å². The van der Waals surface area contributed by atoms with Crippen LogP contribution in [0.2, 0.25) is 0 Å². The van der Waals surface area contributed by atoms with Gasteiger partial charge in [0.1, 0.15) is 5.75 Å². The lowest BCUT2D eigenvalue weighted by molar-refractivity contribution is -0.143. The van der Waals surface area contributed by atoms with Crippen LogP contribution in [0.1, 0.15) is 43.4 Å². The first-order valence-corrected chi connectivity index (χ1v) is 11.9. The number of carbonyl (C=O) groups excluding carboxylic acids is 2. The van der Waals surface area contributed by atoms with Gasteiger partial charge in [0.15, 0.2) is 0 Å². The van der Waals surface area contributed by atoms with Crippen LogP contribution in [0.5, 0.6) is 5.75 Å². The number of fused-ring (bicyclic) bond motifs is 2. The molecule has 166 valence electrons. The Morgan fingerprint density at radius 2 is 2.12 bits per heavy atom. The number of rotatable bonds is 7. The molecule has 2 unspecified atom stereocenters. The fourth-order valence-electron chi connectivity index (χ4n) is 4.84. The molecule has 2 aliphatic rings. The molecule has 1 aliphatic carbocycles. The maximum Gasteiger partial charge on any atom is 0.305 e. The zero-order chi connectivity index (χ0) is 22.9. The Bertz CT molecular complexity index is 1110. The highest BCUT2D eigenvalue weighted by Crippen LogP contribution is 2.64. The van der Waals surface area contributed by atoms with Gasteiger partial charge in [0.25, 0.3) is 0 Å². The lowest BCUT2D eigenvalue weighted by atomic mass is 9.94. The average molecular weight is 544 g/mol. The quantitative estimate of drug-likeness (QED) is 0.407. The van der Waals surface area contributed by atoms with Crippen LogP contribution in [-0.2, 0) is 26.2 Å². The van der Waals surface area contributed by atoms with Crippen molar-refractivity contribution < 1.29 is 19.1 Å². The molecular formula is C25H25IN2O4. The van der Waals surface area contributed by atoms with Gasteiger partial charge in [-0.15, -0.1) is 0 Å². The fraction of sp³-hybridized carbons (Fsp3) is 0.400. The summed E-state index contributed by atoms with van der Waals surface area (Å²) in [5.41, 5.74) is 2.84. The molecule has 2 aromatic rings. The monoisotopic (exact) mass is 544 g/mol. The summed E-state index contributed by atoms with van der Waals surface area (Å²) in [6.45, 7) is 4.75. The smallest absolute Gasteiger partial charge is 0.305 e. The van der Waals surface area contributed by atoms with E-state index in [1.54, 1.807) is 19.1 Å². The Hall–Kier alpha value is -2.60. The Kier molecular flexibility index (Phi) is 6.42. The molecular weight excluding hydrogens is 519 g/mol. The molecule has 0 radical (unpaired) electrons. The summed E-state index contributed by atoms with van der Waals surface area (Å²) in [5.74, 6) is 0.539. The molecule has 1 spiro atoms. The molecule has 1 aliphatic heterocycles. The molecule has 1 heterocycles. The van der Waals surface area contributed by atoms with Crippen LogP contribution >= 0.6 is 22.6 Å². The van der Waals surface area contributed by atoms with Crippen molar-refractivity contribution in [3.8, 4) is 11.8 Å². The summed E-state index contributed by atoms with van der Waals surface area (Å²) in [6, 6.07) is 13.5. The van der Waals surface area contributed by atoms with Gasteiger partial charge in [0.05, 0.1) is 30.8 Å². The van der Waals surface area contributed by atoms with Gasteiger partial charge in [0, 0.05) is 26.7 Å². The molecule has 32 heavy (non-hydrogen) atoms. The zero-order valence-corrected chi connectivity index (χ0v) is 20.3. The van der Waals surface area contributed by atoms with Crippen LogP contribution in [0, 0.1) is 26.7 Å². The van der Waals surface area contributed by atoms with E-state index in [0.717, 1.165) is 20.4 Å². The largest absolute Gasteiger partial charge is 0.492 e. The number of nitriles is 1. The SMILES string of the molecule is CCOC(=O)CCCc1ccc(C#N)cc1NC(=O)C1C(C)[C@]12COc1ccc(I)cc12. The van der Waals surface area contributed by atoms with E-state index < -0.39 is 0 Å². The first kappa shape index (κ1) is 22.6. The number of nitrogens with zero attached hydrogens (tertiary/aromatic N) is 1. The van der Waals surface area contributed by atoms with Gasteiger partial charge >= 0.3 is 5.97 Å². The van der Waals surface area contributed by atoms with Crippen LogP contribution in [0.25, 0.3) is 0 Å². The number of hydrogen-bond acceptors (Lipinski definition) is 5. The molecule has 1 fully saturated rings. The zero-order valence-electron chi connectivity index (χ0n) is 18.1. The highest BCUT2D eigenvalue weighted by atomic mass is 127. The molecule has 0 bridgehead atoms. The first-order valence-electron chi connectivity index (χ1n) is 10.8. The van der Waals surface area contributed by atoms with Crippen LogP contribution in [-0.4, -0.2) is 25.1 Å². The van der Waals surface area contributed by atoms with Crippen molar-refractivity contribution in [1.82, 2.24) is 0 Å². The Morgan fingerprint density at radius 3 is 2.88 bits per heavy atom. The number of benzene rings is 2. The summed E-state index contributed by atoms with van der Waals surface area (Å²) in [4.78, 5) is 25.0. The van der Waals surface area contributed by atoms with E-state index in [9.17, 15) is 14.9 Å². The summed E-state index contributed by atoms with van der Waals surface area (Å²) in [7, 11) is 0. The number of esters is 1. The molecule has 3 atom stereocenters. The normalized spacial score (nSPS) is 22.6. The van der Waals surface area contributed by atoms with E-state index in [-0.39, 0.29) is 29.1 Å². The second kappa shape index (κ2) is 9.10. The molecule has 0 saturated heterocycles. The number of anilines is 1. The standard InChI is InChI=1S/C25H25IN2O4/c1-3-31-22(29)6-4-5-17-8-7-16(13-27)11-20(17)28-24(30)23-15(2)25(23)14-32-21-10-9-18(26)12-19(21)25/h7-12,15,23H,3-6,14H2,1-2H3,(H,28,30)/t15?,23?,25-/m0/s1. The molecule has 1 N–H and O–H groups in total. The van der Waals surface area contributed by atoms with E-state index in [2.05, 4.69) is 47.0 Å². The number of amides is 1.